The van der Waals surface area contributed by atoms with Crippen LogP contribution in [0.15, 0.2) is 43.2 Å². The number of likely N-dealkylation sites (tertiary alicyclic amines) is 1. The molecule has 1 fully saturated rings. The van der Waals surface area contributed by atoms with E-state index in [9.17, 15) is 4.79 Å². The van der Waals surface area contributed by atoms with E-state index in [0.717, 1.165) is 30.6 Å². The quantitative estimate of drug-likeness (QED) is 0.730. The maximum Gasteiger partial charge on any atom is 0.274 e. The zero-order chi connectivity index (χ0) is 15.8. The van der Waals surface area contributed by atoms with Gasteiger partial charge in [0.15, 0.2) is 0 Å². The van der Waals surface area contributed by atoms with Gasteiger partial charge in [0, 0.05) is 37.9 Å². The van der Waals surface area contributed by atoms with Gasteiger partial charge in [-0.25, -0.2) is 9.97 Å². The third kappa shape index (κ3) is 2.60. The van der Waals surface area contributed by atoms with E-state index in [0.29, 0.717) is 18.3 Å². The summed E-state index contributed by atoms with van der Waals surface area (Å²) in [6.07, 6.45) is 11.4. The Hall–Kier alpha value is -2.63. The van der Waals surface area contributed by atoms with Crippen LogP contribution in [0.3, 0.4) is 0 Å². The van der Waals surface area contributed by atoms with Crippen LogP contribution in [-0.2, 0) is 0 Å². The summed E-state index contributed by atoms with van der Waals surface area (Å²) in [5.41, 5.74) is 2.47. The Balaban J connectivity index is 1.57. The summed E-state index contributed by atoms with van der Waals surface area (Å²) in [4.78, 5) is 23.3. The van der Waals surface area contributed by atoms with Gasteiger partial charge in [0.05, 0.1) is 12.4 Å². The molecule has 0 bridgehead atoms. The Morgan fingerprint density at radius 3 is 3.09 bits per heavy atom. The molecular weight excluding hydrogens is 290 g/mol. The van der Waals surface area contributed by atoms with Crippen molar-refractivity contribution in [1.82, 2.24) is 23.8 Å². The first-order valence-corrected chi connectivity index (χ1v) is 7.93. The molecular formula is C17H19N5O. The number of imidazole rings is 2. The zero-order valence-electron chi connectivity index (χ0n) is 13.1. The first-order valence-electron chi connectivity index (χ1n) is 7.93. The molecule has 1 atom stereocenters. The van der Waals surface area contributed by atoms with Crippen molar-refractivity contribution in [2.24, 2.45) is 0 Å². The molecule has 0 aromatic carbocycles. The van der Waals surface area contributed by atoms with Gasteiger partial charge in [-0.15, -0.1) is 0 Å². The molecule has 6 nitrogen and oxygen atoms in total. The lowest BCUT2D eigenvalue weighted by Gasteiger charge is -2.32. The molecule has 3 aromatic rings. The highest BCUT2D eigenvalue weighted by Crippen LogP contribution is 2.22. The number of pyridine rings is 1. The first-order chi connectivity index (χ1) is 11.2. The number of nitrogens with zero attached hydrogens (tertiary/aromatic N) is 5. The van der Waals surface area contributed by atoms with Crippen LogP contribution < -0.4 is 0 Å². The minimum atomic E-state index is 0.0103. The average Bonchev–Trinajstić information content (AvgIpc) is 3.23. The van der Waals surface area contributed by atoms with Crippen molar-refractivity contribution < 1.29 is 4.79 Å². The van der Waals surface area contributed by atoms with Crippen molar-refractivity contribution in [3.8, 4) is 0 Å². The molecule has 1 unspecified atom stereocenters. The predicted molar refractivity (Wildman–Crippen MR) is 86.3 cm³/mol. The third-order valence-corrected chi connectivity index (χ3v) is 4.47. The average molecular weight is 309 g/mol. The fourth-order valence-corrected chi connectivity index (χ4v) is 3.22. The number of piperidine rings is 1. The van der Waals surface area contributed by atoms with Crippen LogP contribution in [0.4, 0.5) is 0 Å². The molecule has 3 aromatic heterocycles. The molecule has 1 aliphatic heterocycles. The van der Waals surface area contributed by atoms with E-state index in [1.165, 1.54) is 0 Å². The number of hydrogen-bond donors (Lipinski definition) is 0. The largest absolute Gasteiger partial charge is 0.335 e. The lowest BCUT2D eigenvalue weighted by molar-refractivity contribution is 0.0674. The van der Waals surface area contributed by atoms with Crippen molar-refractivity contribution in [1.29, 1.82) is 0 Å². The lowest BCUT2D eigenvalue weighted by atomic mass is 10.1. The zero-order valence-corrected chi connectivity index (χ0v) is 13.1. The summed E-state index contributed by atoms with van der Waals surface area (Å²) in [6.45, 7) is 3.52. The molecule has 1 saturated heterocycles. The van der Waals surface area contributed by atoms with Gasteiger partial charge < -0.3 is 13.9 Å². The highest BCUT2D eigenvalue weighted by atomic mass is 16.2. The van der Waals surface area contributed by atoms with Crippen LogP contribution in [0.2, 0.25) is 0 Å². The maximum atomic E-state index is 12.8. The number of carbonyl (C=O) groups excluding carboxylic acids is 1. The van der Waals surface area contributed by atoms with E-state index in [-0.39, 0.29) is 5.91 Å². The van der Waals surface area contributed by atoms with E-state index in [1.54, 1.807) is 6.20 Å². The molecule has 6 heteroatoms. The van der Waals surface area contributed by atoms with Gasteiger partial charge in [0.1, 0.15) is 11.3 Å². The predicted octanol–water partition coefficient (Wildman–Crippen LogP) is 2.32. The summed E-state index contributed by atoms with van der Waals surface area (Å²) in [7, 11) is 0. The van der Waals surface area contributed by atoms with E-state index in [2.05, 4.69) is 14.5 Å². The molecule has 0 spiro atoms. The summed E-state index contributed by atoms with van der Waals surface area (Å²) in [6, 6.07) is 4.30. The molecule has 0 N–H and O–H groups in total. The summed E-state index contributed by atoms with van der Waals surface area (Å²) in [5.74, 6) is 0.0103. The highest BCUT2D eigenvalue weighted by Gasteiger charge is 2.26. The Morgan fingerprint density at radius 2 is 2.26 bits per heavy atom. The topological polar surface area (TPSA) is 55.4 Å². The normalized spacial score (nSPS) is 18.5. The van der Waals surface area contributed by atoms with E-state index >= 15 is 0 Å². The third-order valence-electron chi connectivity index (χ3n) is 4.47. The smallest absolute Gasteiger partial charge is 0.274 e. The van der Waals surface area contributed by atoms with E-state index < -0.39 is 0 Å². The van der Waals surface area contributed by atoms with Gasteiger partial charge in [0.2, 0.25) is 0 Å². The molecule has 0 saturated carbocycles. The van der Waals surface area contributed by atoms with Crippen molar-refractivity contribution >= 4 is 11.6 Å². The number of aromatic nitrogens is 4. The van der Waals surface area contributed by atoms with Crippen molar-refractivity contribution in [2.75, 3.05) is 13.1 Å². The Labute approximate surface area is 134 Å². The van der Waals surface area contributed by atoms with Gasteiger partial charge in [-0.05, 0) is 37.5 Å². The lowest BCUT2D eigenvalue weighted by Crippen LogP contribution is -2.40. The number of carbonyl (C=O) groups is 1. The number of aryl methyl sites for hydroxylation is 1. The number of amides is 1. The SMILES string of the molecule is Cc1ccn2cc(C(=O)N3CCCC(n4ccnc4)C3)nc2c1. The van der Waals surface area contributed by atoms with Gasteiger partial charge in [-0.2, -0.15) is 0 Å². The molecule has 0 aliphatic carbocycles. The first kappa shape index (κ1) is 14.0. The fourth-order valence-electron chi connectivity index (χ4n) is 3.22. The monoisotopic (exact) mass is 309 g/mol. The molecule has 118 valence electrons. The molecule has 0 radical (unpaired) electrons. The second kappa shape index (κ2) is 5.53. The van der Waals surface area contributed by atoms with Crippen LogP contribution in [0.5, 0.6) is 0 Å². The molecule has 23 heavy (non-hydrogen) atoms. The Bertz CT molecular complexity index is 836. The molecule has 1 amide bonds. The van der Waals surface area contributed by atoms with Crippen LogP contribution >= 0.6 is 0 Å². The van der Waals surface area contributed by atoms with Gasteiger partial charge in [-0.3, -0.25) is 4.79 Å². The number of fused-ring (bicyclic) bond motifs is 1. The molecule has 1 aliphatic rings. The standard InChI is InChI=1S/C17H19N5O/c1-13-4-7-20-11-15(19-16(20)9-13)17(23)21-6-2-3-14(10-21)22-8-5-18-12-22/h4-5,7-9,11-12,14H,2-3,6,10H2,1H3. The minimum absolute atomic E-state index is 0.0103. The second-order valence-corrected chi connectivity index (χ2v) is 6.15. The van der Waals surface area contributed by atoms with Crippen LogP contribution in [0.25, 0.3) is 5.65 Å². The van der Waals surface area contributed by atoms with Crippen LogP contribution in [0, 0.1) is 6.92 Å². The summed E-state index contributed by atoms with van der Waals surface area (Å²) in [5, 5.41) is 0. The highest BCUT2D eigenvalue weighted by molar-refractivity contribution is 5.93. The van der Waals surface area contributed by atoms with Crippen molar-refractivity contribution in [2.45, 2.75) is 25.8 Å². The summed E-state index contributed by atoms with van der Waals surface area (Å²) >= 11 is 0. The molecule has 4 rings (SSSR count). The van der Waals surface area contributed by atoms with Crippen LogP contribution in [-0.4, -0.2) is 42.8 Å². The Morgan fingerprint density at radius 1 is 1.35 bits per heavy atom. The van der Waals surface area contributed by atoms with Gasteiger partial charge in [-0.1, -0.05) is 0 Å². The fraction of sp³-hybridized carbons (Fsp3) is 0.353. The van der Waals surface area contributed by atoms with Crippen molar-refractivity contribution in [3.63, 3.8) is 0 Å². The molecule has 4 heterocycles. The number of rotatable bonds is 2. The van der Waals surface area contributed by atoms with E-state index in [4.69, 9.17) is 0 Å². The Kier molecular flexibility index (Phi) is 3.37. The maximum absolute atomic E-state index is 12.8. The summed E-state index contributed by atoms with van der Waals surface area (Å²) < 4.78 is 3.99. The van der Waals surface area contributed by atoms with Crippen molar-refractivity contribution in [3.05, 3.63) is 54.5 Å². The number of hydrogen-bond acceptors (Lipinski definition) is 3. The second-order valence-electron chi connectivity index (χ2n) is 6.15. The van der Waals surface area contributed by atoms with E-state index in [1.807, 2.05) is 53.3 Å². The van der Waals surface area contributed by atoms with Gasteiger partial charge in [0.25, 0.3) is 5.91 Å². The minimum Gasteiger partial charge on any atom is -0.335 e. The van der Waals surface area contributed by atoms with Gasteiger partial charge >= 0.3 is 0 Å². The van der Waals surface area contributed by atoms with Crippen LogP contribution in [0.1, 0.15) is 34.9 Å².